The molecule has 6 rings (SSSR count). The molecule has 0 saturated heterocycles. The van der Waals surface area contributed by atoms with Crippen LogP contribution in [-0.4, -0.2) is 49.9 Å². The van der Waals surface area contributed by atoms with Crippen molar-refractivity contribution in [2.24, 2.45) is 17.8 Å². The van der Waals surface area contributed by atoms with Gasteiger partial charge in [0.25, 0.3) is 11.8 Å². The third-order valence-electron chi connectivity index (χ3n) is 7.78. The van der Waals surface area contributed by atoms with Gasteiger partial charge in [0.1, 0.15) is 12.7 Å². The fourth-order valence-electron chi connectivity index (χ4n) is 6.17. The lowest BCUT2D eigenvalue weighted by Gasteiger charge is -2.40. The Hall–Kier alpha value is -3.81. The Morgan fingerprint density at radius 2 is 1.86 bits per heavy atom. The number of carbonyl (C=O) groups excluding carboxylic acids is 3. The minimum atomic E-state index is -0.740. The van der Waals surface area contributed by atoms with Crippen LogP contribution in [0, 0.1) is 17.8 Å². The van der Waals surface area contributed by atoms with Crippen LogP contribution in [0.2, 0.25) is 0 Å². The minimum Gasteiger partial charge on any atom is -0.493 e. The molecule has 2 aromatic carbocycles. The average Bonchev–Trinajstić information content (AvgIpc) is 3.58. The van der Waals surface area contributed by atoms with E-state index in [1.165, 1.54) is 25.5 Å². The van der Waals surface area contributed by atoms with Crippen LogP contribution in [0.1, 0.15) is 45.3 Å². The van der Waals surface area contributed by atoms with Gasteiger partial charge in [-0.25, -0.2) is 0 Å². The highest BCUT2D eigenvalue weighted by Gasteiger charge is 2.50. The number of allylic oxidation sites excluding steroid dienone is 2. The number of nitrogens with one attached hydrogen (secondary N) is 1. The average molecular weight is 474 g/mol. The van der Waals surface area contributed by atoms with Crippen molar-refractivity contribution < 1.29 is 23.9 Å². The van der Waals surface area contributed by atoms with Gasteiger partial charge in [0.2, 0.25) is 5.91 Å². The summed E-state index contributed by atoms with van der Waals surface area (Å²) < 4.78 is 10.9. The Bertz CT molecular complexity index is 1270. The predicted octanol–water partition coefficient (Wildman–Crippen LogP) is 3.15. The summed E-state index contributed by atoms with van der Waals surface area (Å²) in [6.07, 6.45) is 6.06. The van der Waals surface area contributed by atoms with Gasteiger partial charge in [0.15, 0.2) is 11.5 Å². The molecule has 8 nitrogen and oxygen atoms in total. The first-order chi connectivity index (χ1) is 17.0. The second-order valence-corrected chi connectivity index (χ2v) is 9.61. The molecule has 3 amide bonds. The monoisotopic (exact) mass is 473 g/mol. The van der Waals surface area contributed by atoms with Crippen molar-refractivity contribution in [1.29, 1.82) is 0 Å². The van der Waals surface area contributed by atoms with E-state index in [-0.39, 0.29) is 24.3 Å². The molecule has 180 valence electrons. The molecule has 0 spiro atoms. The van der Waals surface area contributed by atoms with Crippen molar-refractivity contribution in [2.75, 3.05) is 32.2 Å². The SMILES string of the molecule is COc1ccc2c(c1OC)C(=O)N1c3ccccc3C(=O)N(CC(=O)NC[C@@H]3C[C@H]4C=C[C@H]3C4)[C@@H]21. The summed E-state index contributed by atoms with van der Waals surface area (Å²) in [5.41, 5.74) is 1.87. The number of ether oxygens (including phenoxy) is 2. The standard InChI is InChI=1S/C27H27N3O5/c1-34-21-10-9-19-23(24(21)35-2)27(33)30-20-6-4-3-5-18(20)26(32)29(25(19)30)14-22(31)28-13-17-12-15-7-8-16(17)11-15/h3-10,15-17,25H,11-14H2,1-2H3,(H,28,31)/t15-,16-,17-,25+/m0/s1. The number of anilines is 1. The maximum Gasteiger partial charge on any atom is 0.264 e. The van der Waals surface area contributed by atoms with Crippen LogP contribution in [0.4, 0.5) is 5.69 Å². The van der Waals surface area contributed by atoms with Crippen molar-refractivity contribution >= 4 is 23.4 Å². The second kappa shape index (κ2) is 8.15. The molecular weight excluding hydrogens is 446 g/mol. The van der Waals surface area contributed by atoms with E-state index in [0.29, 0.717) is 58.2 Å². The molecule has 1 fully saturated rings. The molecule has 1 saturated carbocycles. The number of methoxy groups -OCH3 is 2. The van der Waals surface area contributed by atoms with E-state index in [2.05, 4.69) is 17.5 Å². The number of rotatable bonds is 6. The molecule has 0 unspecified atom stereocenters. The number of hydrogen-bond acceptors (Lipinski definition) is 5. The molecular formula is C27H27N3O5. The van der Waals surface area contributed by atoms with E-state index < -0.39 is 6.17 Å². The molecule has 8 heteroatoms. The molecule has 2 bridgehead atoms. The van der Waals surface area contributed by atoms with E-state index in [1.54, 1.807) is 41.3 Å². The summed E-state index contributed by atoms with van der Waals surface area (Å²) in [6.45, 7) is 0.448. The Morgan fingerprint density at radius 1 is 1.03 bits per heavy atom. The first-order valence-electron chi connectivity index (χ1n) is 11.9. The number of fused-ring (bicyclic) bond motifs is 7. The number of hydrogen-bond donors (Lipinski definition) is 1. The van der Waals surface area contributed by atoms with Gasteiger partial charge in [-0.15, -0.1) is 0 Å². The zero-order valence-corrected chi connectivity index (χ0v) is 19.7. The van der Waals surface area contributed by atoms with Crippen LogP contribution in [0.5, 0.6) is 11.5 Å². The van der Waals surface area contributed by atoms with E-state index in [1.807, 2.05) is 0 Å². The van der Waals surface area contributed by atoms with Crippen molar-refractivity contribution in [2.45, 2.75) is 19.0 Å². The summed E-state index contributed by atoms with van der Waals surface area (Å²) in [4.78, 5) is 43.4. The van der Waals surface area contributed by atoms with Crippen LogP contribution in [0.3, 0.4) is 0 Å². The minimum absolute atomic E-state index is 0.147. The number of benzene rings is 2. The second-order valence-electron chi connectivity index (χ2n) is 9.61. The van der Waals surface area contributed by atoms with Crippen LogP contribution >= 0.6 is 0 Å². The van der Waals surface area contributed by atoms with Crippen LogP contribution < -0.4 is 19.7 Å². The summed E-state index contributed by atoms with van der Waals surface area (Å²) in [7, 11) is 3.00. The number of para-hydroxylation sites is 1. The summed E-state index contributed by atoms with van der Waals surface area (Å²) >= 11 is 0. The van der Waals surface area contributed by atoms with Crippen molar-refractivity contribution in [1.82, 2.24) is 10.2 Å². The molecule has 0 aromatic heterocycles. The van der Waals surface area contributed by atoms with Gasteiger partial charge >= 0.3 is 0 Å². The number of carbonyl (C=O) groups is 3. The number of nitrogens with zero attached hydrogens (tertiary/aromatic N) is 2. The first kappa shape index (κ1) is 21.7. The molecule has 1 N–H and O–H groups in total. The van der Waals surface area contributed by atoms with Crippen LogP contribution in [0.25, 0.3) is 0 Å². The fourth-order valence-corrected chi connectivity index (χ4v) is 6.17. The Kier molecular flexibility index (Phi) is 5.05. The van der Waals surface area contributed by atoms with Gasteiger partial charge in [-0.1, -0.05) is 30.4 Å². The summed E-state index contributed by atoms with van der Waals surface area (Å²) in [6, 6.07) is 10.5. The number of amides is 3. The van der Waals surface area contributed by atoms with E-state index in [4.69, 9.17) is 9.47 Å². The normalized spacial score (nSPS) is 25.4. The van der Waals surface area contributed by atoms with Crippen LogP contribution in [-0.2, 0) is 4.79 Å². The Balaban J connectivity index is 1.33. The highest BCUT2D eigenvalue weighted by Crippen LogP contribution is 2.49. The van der Waals surface area contributed by atoms with E-state index >= 15 is 0 Å². The highest BCUT2D eigenvalue weighted by atomic mass is 16.5. The van der Waals surface area contributed by atoms with Crippen molar-refractivity contribution in [3.63, 3.8) is 0 Å². The molecule has 4 aliphatic rings. The smallest absolute Gasteiger partial charge is 0.264 e. The maximum atomic E-state index is 13.7. The molecule has 2 aromatic rings. The quantitative estimate of drug-likeness (QED) is 0.652. The van der Waals surface area contributed by atoms with Gasteiger partial charge in [0.05, 0.1) is 31.0 Å². The fraction of sp³-hybridized carbons (Fsp3) is 0.370. The Morgan fingerprint density at radius 3 is 2.57 bits per heavy atom. The lowest BCUT2D eigenvalue weighted by atomic mass is 9.93. The Labute approximate surface area is 203 Å². The van der Waals surface area contributed by atoms with Gasteiger partial charge in [0, 0.05) is 12.1 Å². The van der Waals surface area contributed by atoms with Crippen molar-refractivity contribution in [3.05, 3.63) is 65.2 Å². The third kappa shape index (κ3) is 3.23. The van der Waals surface area contributed by atoms with Gasteiger partial charge in [-0.2, -0.15) is 0 Å². The molecule has 4 atom stereocenters. The van der Waals surface area contributed by atoms with E-state index in [0.717, 1.165) is 6.42 Å². The van der Waals surface area contributed by atoms with E-state index in [9.17, 15) is 14.4 Å². The molecule has 35 heavy (non-hydrogen) atoms. The molecule has 2 heterocycles. The largest absolute Gasteiger partial charge is 0.493 e. The lowest BCUT2D eigenvalue weighted by molar-refractivity contribution is -0.122. The highest BCUT2D eigenvalue weighted by molar-refractivity contribution is 6.18. The maximum absolute atomic E-state index is 13.7. The van der Waals surface area contributed by atoms with Crippen LogP contribution in [0.15, 0.2) is 48.6 Å². The zero-order chi connectivity index (χ0) is 24.3. The zero-order valence-electron chi connectivity index (χ0n) is 19.7. The summed E-state index contributed by atoms with van der Waals surface area (Å²) in [5, 5.41) is 3.04. The first-order valence-corrected chi connectivity index (χ1v) is 11.9. The predicted molar refractivity (Wildman–Crippen MR) is 128 cm³/mol. The summed E-state index contributed by atoms with van der Waals surface area (Å²) in [5.74, 6) is 1.55. The topological polar surface area (TPSA) is 88.2 Å². The molecule has 2 aliphatic carbocycles. The lowest BCUT2D eigenvalue weighted by Crippen LogP contribution is -2.51. The van der Waals surface area contributed by atoms with Crippen molar-refractivity contribution in [3.8, 4) is 11.5 Å². The van der Waals surface area contributed by atoms with Gasteiger partial charge in [-0.05, 0) is 48.8 Å². The van der Waals surface area contributed by atoms with Gasteiger partial charge < -0.3 is 19.7 Å². The van der Waals surface area contributed by atoms with Gasteiger partial charge in [-0.3, -0.25) is 19.3 Å². The molecule has 2 aliphatic heterocycles. The third-order valence-corrected chi connectivity index (χ3v) is 7.78. The molecule has 0 radical (unpaired) electrons.